The molecule has 0 aromatic heterocycles. The first-order chi connectivity index (χ1) is 11.7. The zero-order valence-electron chi connectivity index (χ0n) is 14.1. The van der Waals surface area contributed by atoms with Gasteiger partial charge in [0, 0.05) is 24.9 Å². The van der Waals surface area contributed by atoms with Crippen LogP contribution in [0.2, 0.25) is 0 Å². The van der Waals surface area contributed by atoms with E-state index in [0.717, 1.165) is 38.5 Å². The molecule has 6 nitrogen and oxygen atoms in total. The summed E-state index contributed by atoms with van der Waals surface area (Å²) < 4.78 is 11.5. The van der Waals surface area contributed by atoms with Crippen molar-refractivity contribution in [3.63, 3.8) is 0 Å². The standard InChI is InChI=1S/C18H26N2O4/c21-16-15-11-12-3-1-2-4-14(12)20(15)17(22)19(16)13-5-7-18(8-6-13)23-9-10-24-18/h12-15H,1-11H2/t12-,14+,15+/m1/s1. The number of carbonyl (C=O) groups excluding carboxylic acids is 2. The van der Waals surface area contributed by atoms with Gasteiger partial charge in [0.2, 0.25) is 0 Å². The van der Waals surface area contributed by atoms with E-state index in [1.54, 1.807) is 4.90 Å². The average Bonchev–Trinajstić information content (AvgIpc) is 3.26. The van der Waals surface area contributed by atoms with Gasteiger partial charge < -0.3 is 14.4 Å². The largest absolute Gasteiger partial charge is 0.348 e. The molecular formula is C18H26N2O4. The molecule has 3 atom stereocenters. The van der Waals surface area contributed by atoms with Crippen molar-refractivity contribution < 1.29 is 19.1 Å². The zero-order chi connectivity index (χ0) is 16.3. The summed E-state index contributed by atoms with van der Waals surface area (Å²) in [5.74, 6) is 0.171. The predicted octanol–water partition coefficient (Wildman–Crippen LogP) is 2.27. The summed E-state index contributed by atoms with van der Waals surface area (Å²) in [4.78, 5) is 29.5. The molecule has 132 valence electrons. The Morgan fingerprint density at radius 2 is 1.67 bits per heavy atom. The summed E-state index contributed by atoms with van der Waals surface area (Å²) >= 11 is 0. The number of urea groups is 1. The van der Waals surface area contributed by atoms with Crippen LogP contribution in [0.4, 0.5) is 4.79 Å². The highest BCUT2D eigenvalue weighted by molar-refractivity contribution is 6.05. The highest BCUT2D eigenvalue weighted by Gasteiger charge is 2.57. The summed E-state index contributed by atoms with van der Waals surface area (Å²) in [6, 6.07) is 0.131. The molecule has 1 spiro atoms. The maximum Gasteiger partial charge on any atom is 0.327 e. The van der Waals surface area contributed by atoms with Crippen molar-refractivity contribution in [3.05, 3.63) is 0 Å². The minimum atomic E-state index is -0.438. The van der Waals surface area contributed by atoms with E-state index in [1.165, 1.54) is 19.3 Å². The predicted molar refractivity (Wildman–Crippen MR) is 85.1 cm³/mol. The number of hydrogen-bond donors (Lipinski definition) is 0. The van der Waals surface area contributed by atoms with Gasteiger partial charge >= 0.3 is 6.03 Å². The molecule has 24 heavy (non-hydrogen) atoms. The molecule has 0 aromatic carbocycles. The van der Waals surface area contributed by atoms with Crippen LogP contribution in [0.25, 0.3) is 0 Å². The van der Waals surface area contributed by atoms with Crippen LogP contribution in [-0.2, 0) is 14.3 Å². The number of hydrogen-bond acceptors (Lipinski definition) is 4. The lowest BCUT2D eigenvalue weighted by Crippen LogP contribution is -2.48. The van der Waals surface area contributed by atoms with Crippen molar-refractivity contribution >= 4 is 11.9 Å². The number of nitrogens with zero attached hydrogens (tertiary/aromatic N) is 2. The smallest absolute Gasteiger partial charge is 0.327 e. The van der Waals surface area contributed by atoms with Gasteiger partial charge in [-0.05, 0) is 38.0 Å². The van der Waals surface area contributed by atoms with Gasteiger partial charge in [-0.3, -0.25) is 9.69 Å². The molecule has 3 saturated heterocycles. The molecule has 0 unspecified atom stereocenters. The first kappa shape index (κ1) is 15.1. The number of ether oxygens (including phenoxy) is 2. The van der Waals surface area contributed by atoms with Gasteiger partial charge in [-0.25, -0.2) is 4.79 Å². The second-order valence-electron chi connectivity index (χ2n) is 8.10. The molecule has 0 bridgehead atoms. The zero-order valence-corrected chi connectivity index (χ0v) is 14.1. The molecule has 5 rings (SSSR count). The number of amides is 3. The maximum atomic E-state index is 13.0. The molecular weight excluding hydrogens is 308 g/mol. The lowest BCUT2D eigenvalue weighted by Gasteiger charge is -2.38. The summed E-state index contributed by atoms with van der Waals surface area (Å²) in [5, 5.41) is 0. The van der Waals surface area contributed by atoms with E-state index in [0.29, 0.717) is 25.2 Å². The highest BCUT2D eigenvalue weighted by atomic mass is 16.7. The monoisotopic (exact) mass is 334 g/mol. The summed E-state index contributed by atoms with van der Waals surface area (Å²) in [6.45, 7) is 1.32. The van der Waals surface area contributed by atoms with Crippen molar-refractivity contribution in [2.24, 2.45) is 5.92 Å². The summed E-state index contributed by atoms with van der Waals surface area (Å²) in [6.07, 6.45) is 8.73. The fourth-order valence-corrected chi connectivity index (χ4v) is 5.76. The Morgan fingerprint density at radius 1 is 0.958 bits per heavy atom. The number of rotatable bonds is 1. The third-order valence-electron chi connectivity index (χ3n) is 6.93. The third-order valence-corrected chi connectivity index (χ3v) is 6.93. The lowest BCUT2D eigenvalue weighted by molar-refractivity contribution is -0.183. The van der Waals surface area contributed by atoms with Crippen molar-refractivity contribution in [1.29, 1.82) is 0 Å². The molecule has 0 N–H and O–H groups in total. The summed E-state index contributed by atoms with van der Waals surface area (Å²) in [7, 11) is 0. The second kappa shape index (κ2) is 5.43. The molecule has 5 aliphatic rings. The van der Waals surface area contributed by atoms with E-state index < -0.39 is 5.79 Å². The molecule has 0 radical (unpaired) electrons. The normalized spacial score (nSPS) is 38.9. The van der Waals surface area contributed by atoms with E-state index in [9.17, 15) is 9.59 Å². The van der Waals surface area contributed by atoms with Crippen LogP contribution in [0.15, 0.2) is 0 Å². The Labute approximate surface area is 142 Å². The minimum Gasteiger partial charge on any atom is -0.348 e. The van der Waals surface area contributed by atoms with Crippen molar-refractivity contribution in [3.8, 4) is 0 Å². The molecule has 2 aliphatic carbocycles. The van der Waals surface area contributed by atoms with E-state index in [2.05, 4.69) is 0 Å². The van der Waals surface area contributed by atoms with Crippen LogP contribution in [-0.4, -0.2) is 58.9 Å². The van der Waals surface area contributed by atoms with Gasteiger partial charge in [0.15, 0.2) is 5.79 Å². The van der Waals surface area contributed by atoms with Crippen molar-refractivity contribution in [2.45, 2.75) is 81.7 Å². The Morgan fingerprint density at radius 3 is 2.42 bits per heavy atom. The van der Waals surface area contributed by atoms with Gasteiger partial charge in [-0.2, -0.15) is 0 Å². The van der Waals surface area contributed by atoms with Crippen molar-refractivity contribution in [2.75, 3.05) is 13.2 Å². The molecule has 3 aliphatic heterocycles. The molecule has 3 heterocycles. The van der Waals surface area contributed by atoms with Crippen LogP contribution < -0.4 is 0 Å². The van der Waals surface area contributed by atoms with Crippen LogP contribution in [0.3, 0.4) is 0 Å². The average molecular weight is 334 g/mol. The minimum absolute atomic E-state index is 0.0198. The van der Waals surface area contributed by atoms with Gasteiger partial charge in [0.25, 0.3) is 5.91 Å². The van der Waals surface area contributed by atoms with E-state index in [-0.39, 0.29) is 24.0 Å². The van der Waals surface area contributed by atoms with Gasteiger partial charge in [0.1, 0.15) is 6.04 Å². The lowest BCUT2D eigenvalue weighted by atomic mass is 9.84. The van der Waals surface area contributed by atoms with Gasteiger partial charge in [-0.15, -0.1) is 0 Å². The second-order valence-corrected chi connectivity index (χ2v) is 8.10. The van der Waals surface area contributed by atoms with Crippen LogP contribution in [0.5, 0.6) is 0 Å². The van der Waals surface area contributed by atoms with Crippen LogP contribution in [0.1, 0.15) is 57.8 Å². The Hall–Kier alpha value is -1.14. The van der Waals surface area contributed by atoms with E-state index in [4.69, 9.17) is 9.47 Å². The molecule has 5 fully saturated rings. The summed E-state index contributed by atoms with van der Waals surface area (Å²) in [5.41, 5.74) is 0. The molecule has 2 saturated carbocycles. The number of imide groups is 1. The van der Waals surface area contributed by atoms with Crippen molar-refractivity contribution in [1.82, 2.24) is 9.80 Å². The van der Waals surface area contributed by atoms with Gasteiger partial charge in [-0.1, -0.05) is 12.8 Å². The Kier molecular flexibility index (Phi) is 3.42. The number of fused-ring (bicyclic) bond motifs is 3. The third kappa shape index (κ3) is 2.08. The van der Waals surface area contributed by atoms with Crippen LogP contribution >= 0.6 is 0 Å². The fraction of sp³-hybridized carbons (Fsp3) is 0.889. The first-order valence-electron chi connectivity index (χ1n) is 9.62. The van der Waals surface area contributed by atoms with Crippen LogP contribution in [0, 0.1) is 5.92 Å². The fourth-order valence-electron chi connectivity index (χ4n) is 5.76. The quantitative estimate of drug-likeness (QED) is 0.690. The van der Waals surface area contributed by atoms with Gasteiger partial charge in [0.05, 0.1) is 13.2 Å². The molecule has 0 aromatic rings. The highest BCUT2D eigenvalue weighted by Crippen LogP contribution is 2.45. The topological polar surface area (TPSA) is 59.1 Å². The molecule has 6 heteroatoms. The maximum absolute atomic E-state index is 13.0. The number of carbonyl (C=O) groups is 2. The van der Waals surface area contributed by atoms with E-state index in [1.807, 2.05) is 4.90 Å². The Bertz CT molecular complexity index is 549. The molecule has 3 amide bonds. The SMILES string of the molecule is O=C1[C@@H]2C[C@H]3CCCC[C@@H]3N2C(=O)N1C1CCC2(CC1)OCCO2. The van der Waals surface area contributed by atoms with E-state index >= 15 is 0 Å². The Balaban J connectivity index is 1.32. The first-order valence-corrected chi connectivity index (χ1v) is 9.62.